The number of rotatable bonds is 10. The molecule has 0 aliphatic rings. The Morgan fingerprint density at radius 1 is 1.24 bits per heavy atom. The predicted octanol–water partition coefficient (Wildman–Crippen LogP) is 4.60. The molecule has 0 atom stereocenters. The number of imidazole rings is 1. The van der Waals surface area contributed by atoms with E-state index in [2.05, 4.69) is 29.5 Å². The summed E-state index contributed by atoms with van der Waals surface area (Å²) < 4.78 is 21.3. The standard InChI is InChI=1S/C23H29FN4O/c1-4-5-6-11-28-21-12-17(19-9-8-18(24)13-22(19)29-3)7-10-20(21)27-23(28)15-26-14-16(2)25/h7-10,12-13,26H,2,4-6,11,14-15,25H2,1,3H3. The van der Waals surface area contributed by atoms with Crippen molar-refractivity contribution in [2.24, 2.45) is 5.73 Å². The summed E-state index contributed by atoms with van der Waals surface area (Å²) >= 11 is 0. The lowest BCUT2D eigenvalue weighted by atomic mass is 10.0. The second-order valence-corrected chi connectivity index (χ2v) is 7.20. The summed E-state index contributed by atoms with van der Waals surface area (Å²) in [4.78, 5) is 4.82. The molecule has 0 amide bonds. The minimum Gasteiger partial charge on any atom is -0.496 e. The van der Waals surface area contributed by atoms with E-state index in [-0.39, 0.29) is 5.82 Å². The van der Waals surface area contributed by atoms with Gasteiger partial charge in [0.05, 0.1) is 24.7 Å². The van der Waals surface area contributed by atoms with Gasteiger partial charge in [-0.05, 0) is 36.2 Å². The molecule has 1 aromatic heterocycles. The summed E-state index contributed by atoms with van der Waals surface area (Å²) in [5, 5.41) is 3.29. The third kappa shape index (κ3) is 4.95. The van der Waals surface area contributed by atoms with E-state index in [0.29, 0.717) is 24.5 Å². The molecular formula is C23H29FN4O. The van der Waals surface area contributed by atoms with E-state index in [4.69, 9.17) is 15.5 Å². The summed E-state index contributed by atoms with van der Waals surface area (Å²) in [5.41, 5.74) is 10.1. The molecule has 0 fully saturated rings. The lowest BCUT2D eigenvalue weighted by Crippen LogP contribution is -2.22. The van der Waals surface area contributed by atoms with E-state index in [0.717, 1.165) is 53.8 Å². The van der Waals surface area contributed by atoms with Crippen molar-refractivity contribution < 1.29 is 9.13 Å². The average molecular weight is 397 g/mol. The second kappa shape index (κ2) is 9.56. The summed E-state index contributed by atoms with van der Waals surface area (Å²) in [5.74, 6) is 1.18. The number of fused-ring (bicyclic) bond motifs is 1. The van der Waals surface area contributed by atoms with Crippen LogP contribution in [0.3, 0.4) is 0 Å². The molecule has 0 unspecified atom stereocenters. The molecule has 1 heterocycles. The number of aromatic nitrogens is 2. The normalized spacial score (nSPS) is 11.1. The van der Waals surface area contributed by atoms with Crippen molar-refractivity contribution >= 4 is 11.0 Å². The van der Waals surface area contributed by atoms with E-state index in [1.807, 2.05) is 12.1 Å². The molecule has 154 valence electrons. The van der Waals surface area contributed by atoms with Gasteiger partial charge in [-0.15, -0.1) is 0 Å². The molecule has 6 heteroatoms. The third-order valence-corrected chi connectivity index (χ3v) is 4.92. The first-order valence-electron chi connectivity index (χ1n) is 10.0. The van der Waals surface area contributed by atoms with Gasteiger partial charge >= 0.3 is 0 Å². The first-order chi connectivity index (χ1) is 14.0. The quantitative estimate of drug-likeness (QED) is 0.492. The van der Waals surface area contributed by atoms with Gasteiger partial charge in [-0.2, -0.15) is 0 Å². The summed E-state index contributed by atoms with van der Waals surface area (Å²) in [6.45, 7) is 7.99. The van der Waals surface area contributed by atoms with E-state index < -0.39 is 0 Å². The molecule has 0 spiro atoms. The number of nitrogens with zero attached hydrogens (tertiary/aromatic N) is 2. The molecule has 3 aromatic rings. The fraction of sp³-hybridized carbons (Fsp3) is 0.348. The van der Waals surface area contributed by atoms with Gasteiger partial charge in [0.1, 0.15) is 17.4 Å². The molecule has 3 N–H and O–H groups in total. The number of nitrogens with two attached hydrogens (primary N) is 1. The van der Waals surface area contributed by atoms with Crippen LogP contribution in [0.2, 0.25) is 0 Å². The third-order valence-electron chi connectivity index (χ3n) is 4.92. The van der Waals surface area contributed by atoms with E-state index >= 15 is 0 Å². The van der Waals surface area contributed by atoms with Crippen LogP contribution < -0.4 is 15.8 Å². The van der Waals surface area contributed by atoms with Crippen LogP contribution in [0.1, 0.15) is 32.0 Å². The topological polar surface area (TPSA) is 65.1 Å². The van der Waals surface area contributed by atoms with Crippen LogP contribution >= 0.6 is 0 Å². The van der Waals surface area contributed by atoms with Gasteiger partial charge < -0.3 is 20.4 Å². The van der Waals surface area contributed by atoms with Crippen molar-refractivity contribution in [1.82, 2.24) is 14.9 Å². The molecule has 5 nitrogen and oxygen atoms in total. The zero-order valence-electron chi connectivity index (χ0n) is 17.2. The van der Waals surface area contributed by atoms with Gasteiger partial charge in [0, 0.05) is 30.4 Å². The van der Waals surface area contributed by atoms with Gasteiger partial charge in [0.2, 0.25) is 0 Å². The smallest absolute Gasteiger partial charge is 0.129 e. The van der Waals surface area contributed by atoms with Gasteiger partial charge in [-0.3, -0.25) is 0 Å². The lowest BCUT2D eigenvalue weighted by Gasteiger charge is -2.12. The average Bonchev–Trinajstić information content (AvgIpc) is 3.04. The molecule has 0 bridgehead atoms. The Balaban J connectivity index is 2.01. The zero-order valence-corrected chi connectivity index (χ0v) is 17.2. The SMILES string of the molecule is C=C(N)CNCc1nc2ccc(-c3ccc(F)cc3OC)cc2n1CCCCC. The number of nitrogens with one attached hydrogen (secondary N) is 1. The molecule has 0 aliphatic heterocycles. The maximum absolute atomic E-state index is 13.6. The zero-order chi connectivity index (χ0) is 20.8. The number of aryl methyl sites for hydroxylation is 1. The van der Waals surface area contributed by atoms with E-state index in [1.165, 1.54) is 12.1 Å². The molecular weight excluding hydrogens is 367 g/mol. The molecule has 0 saturated heterocycles. The Bertz CT molecular complexity index is 996. The van der Waals surface area contributed by atoms with Crippen molar-refractivity contribution in [3.8, 4) is 16.9 Å². The molecule has 29 heavy (non-hydrogen) atoms. The number of halogens is 1. The Hall–Kier alpha value is -2.86. The fourth-order valence-electron chi connectivity index (χ4n) is 3.48. The van der Waals surface area contributed by atoms with Crippen LogP contribution in [0.15, 0.2) is 48.7 Å². The number of hydrogen-bond donors (Lipinski definition) is 2. The van der Waals surface area contributed by atoms with Gasteiger partial charge in [-0.25, -0.2) is 9.37 Å². The number of benzene rings is 2. The molecule has 3 rings (SSSR count). The minimum atomic E-state index is -0.314. The molecule has 0 saturated carbocycles. The van der Waals surface area contributed by atoms with Crippen molar-refractivity contribution in [2.75, 3.05) is 13.7 Å². The number of hydrogen-bond acceptors (Lipinski definition) is 4. The minimum absolute atomic E-state index is 0.314. The Labute approximate surface area is 171 Å². The number of unbranched alkanes of at least 4 members (excludes halogenated alkanes) is 2. The maximum Gasteiger partial charge on any atom is 0.129 e. The highest BCUT2D eigenvalue weighted by Gasteiger charge is 2.14. The fourth-order valence-corrected chi connectivity index (χ4v) is 3.48. The molecule has 0 aliphatic carbocycles. The summed E-state index contributed by atoms with van der Waals surface area (Å²) in [6.07, 6.45) is 3.41. The van der Waals surface area contributed by atoms with Crippen LogP contribution in [0, 0.1) is 5.82 Å². The van der Waals surface area contributed by atoms with Crippen molar-refractivity contribution in [1.29, 1.82) is 0 Å². The highest BCUT2D eigenvalue weighted by molar-refractivity contribution is 5.84. The summed E-state index contributed by atoms with van der Waals surface area (Å²) in [6, 6.07) is 10.7. The van der Waals surface area contributed by atoms with Gasteiger partial charge in [-0.1, -0.05) is 32.4 Å². The highest BCUT2D eigenvalue weighted by atomic mass is 19.1. The number of ether oxygens (including phenoxy) is 1. The lowest BCUT2D eigenvalue weighted by molar-refractivity contribution is 0.413. The van der Waals surface area contributed by atoms with Crippen LogP contribution in [-0.2, 0) is 13.1 Å². The molecule has 2 aromatic carbocycles. The Morgan fingerprint density at radius 3 is 2.79 bits per heavy atom. The monoisotopic (exact) mass is 396 g/mol. The Kier molecular flexibility index (Phi) is 6.88. The van der Waals surface area contributed by atoms with Crippen LogP contribution in [-0.4, -0.2) is 23.2 Å². The maximum atomic E-state index is 13.6. The molecule has 0 radical (unpaired) electrons. The Morgan fingerprint density at radius 2 is 2.07 bits per heavy atom. The van der Waals surface area contributed by atoms with E-state index in [9.17, 15) is 4.39 Å². The van der Waals surface area contributed by atoms with Crippen molar-refractivity contribution in [3.63, 3.8) is 0 Å². The highest BCUT2D eigenvalue weighted by Crippen LogP contribution is 2.33. The van der Waals surface area contributed by atoms with Crippen LogP contribution in [0.4, 0.5) is 4.39 Å². The number of methoxy groups -OCH3 is 1. The second-order valence-electron chi connectivity index (χ2n) is 7.20. The first-order valence-corrected chi connectivity index (χ1v) is 10.0. The van der Waals surface area contributed by atoms with Crippen molar-refractivity contribution in [3.05, 3.63) is 60.3 Å². The van der Waals surface area contributed by atoms with E-state index in [1.54, 1.807) is 13.2 Å². The van der Waals surface area contributed by atoms with Gasteiger partial charge in [0.25, 0.3) is 0 Å². The van der Waals surface area contributed by atoms with Gasteiger partial charge in [0.15, 0.2) is 0 Å². The predicted molar refractivity (Wildman–Crippen MR) is 116 cm³/mol. The summed E-state index contributed by atoms with van der Waals surface area (Å²) in [7, 11) is 1.56. The first kappa shape index (κ1) is 20.9. The van der Waals surface area contributed by atoms with Crippen LogP contribution in [0.5, 0.6) is 5.75 Å². The van der Waals surface area contributed by atoms with Crippen LogP contribution in [0.25, 0.3) is 22.2 Å². The largest absolute Gasteiger partial charge is 0.496 e. The van der Waals surface area contributed by atoms with Crippen molar-refractivity contribution in [2.45, 2.75) is 39.3 Å².